The molecule has 3 N–H and O–H groups in total. The highest BCUT2D eigenvalue weighted by molar-refractivity contribution is 9.11. The second-order valence-corrected chi connectivity index (χ2v) is 6.26. The molecule has 0 heterocycles. The molecule has 2 rings (SSSR count). The van der Waals surface area contributed by atoms with Gasteiger partial charge in [-0.05, 0) is 72.1 Å². The Balaban J connectivity index is 2.34. The van der Waals surface area contributed by atoms with Crippen molar-refractivity contribution in [3.63, 3.8) is 0 Å². The summed E-state index contributed by atoms with van der Waals surface area (Å²) < 4.78 is 2.20. The second kappa shape index (κ2) is 6.07. The number of para-hydroxylation sites is 1. The molecule has 0 aliphatic carbocycles. The van der Waals surface area contributed by atoms with Crippen LogP contribution in [0.1, 0.15) is 10.4 Å². The van der Waals surface area contributed by atoms with Crippen LogP contribution in [-0.4, -0.2) is 5.91 Å². The van der Waals surface area contributed by atoms with Crippen LogP contribution in [0.4, 0.5) is 11.4 Å². The Bertz CT molecular complexity index is 624. The summed E-state index contributed by atoms with van der Waals surface area (Å²) in [4.78, 5) is 12.3. The Morgan fingerprint density at radius 2 is 1.58 bits per heavy atom. The van der Waals surface area contributed by atoms with Gasteiger partial charge in [0.1, 0.15) is 0 Å². The van der Waals surface area contributed by atoms with Crippen LogP contribution >= 0.6 is 47.8 Å². The number of nitrogens with one attached hydrogen (secondary N) is 1. The topological polar surface area (TPSA) is 55.1 Å². The van der Waals surface area contributed by atoms with Gasteiger partial charge in [0, 0.05) is 14.6 Å². The van der Waals surface area contributed by atoms with Crippen molar-refractivity contribution in [2.75, 3.05) is 11.1 Å². The normalized spacial score (nSPS) is 10.3. The highest BCUT2D eigenvalue weighted by Gasteiger charge is 2.14. The first kappa shape index (κ1) is 14.6. The Kier molecular flexibility index (Phi) is 4.65. The Hall–Kier alpha value is -0.850. The predicted molar refractivity (Wildman–Crippen MR) is 88.3 cm³/mol. The third kappa shape index (κ3) is 3.19. The molecule has 0 saturated heterocycles. The van der Waals surface area contributed by atoms with Gasteiger partial charge in [-0.15, -0.1) is 0 Å². The number of nitrogens with two attached hydrogens (primary N) is 1. The van der Waals surface area contributed by atoms with Crippen molar-refractivity contribution in [2.45, 2.75) is 0 Å². The lowest BCUT2D eigenvalue weighted by atomic mass is 10.2. The molecule has 19 heavy (non-hydrogen) atoms. The Morgan fingerprint density at radius 3 is 2.21 bits per heavy atom. The molecule has 6 heteroatoms. The maximum Gasteiger partial charge on any atom is 0.256 e. The molecule has 0 unspecified atom stereocenters. The zero-order valence-corrected chi connectivity index (χ0v) is 14.3. The fourth-order valence-electron chi connectivity index (χ4n) is 1.52. The molecule has 3 nitrogen and oxygen atoms in total. The number of carbonyl (C=O) groups excluding carboxylic acids is 1. The lowest BCUT2D eigenvalue weighted by Gasteiger charge is -2.11. The summed E-state index contributed by atoms with van der Waals surface area (Å²) >= 11 is 10.1. The highest BCUT2D eigenvalue weighted by Crippen LogP contribution is 2.32. The number of rotatable bonds is 2. The quantitative estimate of drug-likeness (QED) is 0.648. The standard InChI is InChI=1S/C13H9Br3N2O/c14-8-4-2-5-9(15)12(8)18-13(19)7-3-1-6-10(17)11(7)16/h1-6H,17H2,(H,18,19). The van der Waals surface area contributed by atoms with Gasteiger partial charge in [0.05, 0.1) is 15.7 Å². The van der Waals surface area contributed by atoms with Gasteiger partial charge in [0.15, 0.2) is 0 Å². The van der Waals surface area contributed by atoms with E-state index in [2.05, 4.69) is 53.1 Å². The van der Waals surface area contributed by atoms with Crippen molar-refractivity contribution in [1.82, 2.24) is 0 Å². The summed E-state index contributed by atoms with van der Waals surface area (Å²) in [6.45, 7) is 0. The van der Waals surface area contributed by atoms with E-state index in [4.69, 9.17) is 5.73 Å². The lowest BCUT2D eigenvalue weighted by Crippen LogP contribution is -2.14. The van der Waals surface area contributed by atoms with Crippen LogP contribution in [0.2, 0.25) is 0 Å². The molecular formula is C13H9Br3N2O. The molecule has 0 saturated carbocycles. The van der Waals surface area contributed by atoms with Gasteiger partial charge in [-0.25, -0.2) is 0 Å². The van der Waals surface area contributed by atoms with Crippen molar-refractivity contribution in [3.8, 4) is 0 Å². The van der Waals surface area contributed by atoms with Gasteiger partial charge >= 0.3 is 0 Å². The van der Waals surface area contributed by atoms with Crippen molar-refractivity contribution in [2.24, 2.45) is 0 Å². The molecule has 2 aromatic rings. The predicted octanol–water partition coefficient (Wildman–Crippen LogP) is 4.81. The Labute approximate surface area is 136 Å². The number of hydrogen-bond acceptors (Lipinski definition) is 2. The zero-order chi connectivity index (χ0) is 14.0. The fraction of sp³-hybridized carbons (Fsp3) is 0. The summed E-state index contributed by atoms with van der Waals surface area (Å²) in [6, 6.07) is 10.8. The van der Waals surface area contributed by atoms with E-state index in [-0.39, 0.29) is 5.91 Å². The molecule has 0 atom stereocenters. The van der Waals surface area contributed by atoms with Crippen LogP contribution in [-0.2, 0) is 0 Å². The van der Waals surface area contributed by atoms with Crippen LogP contribution < -0.4 is 11.1 Å². The molecule has 0 bridgehead atoms. The first-order valence-corrected chi connectivity index (χ1v) is 7.68. The monoisotopic (exact) mass is 446 g/mol. The average molecular weight is 449 g/mol. The van der Waals surface area contributed by atoms with E-state index < -0.39 is 0 Å². The van der Waals surface area contributed by atoms with E-state index in [1.165, 1.54) is 0 Å². The molecule has 0 fully saturated rings. The van der Waals surface area contributed by atoms with E-state index in [0.29, 0.717) is 21.4 Å². The van der Waals surface area contributed by atoms with Crippen molar-refractivity contribution in [1.29, 1.82) is 0 Å². The van der Waals surface area contributed by atoms with Gasteiger partial charge < -0.3 is 11.1 Å². The highest BCUT2D eigenvalue weighted by atomic mass is 79.9. The molecule has 0 radical (unpaired) electrons. The molecule has 0 aromatic heterocycles. The minimum atomic E-state index is -0.230. The van der Waals surface area contributed by atoms with Gasteiger partial charge in [0.25, 0.3) is 5.91 Å². The third-order valence-corrected chi connectivity index (χ3v) is 4.68. The largest absolute Gasteiger partial charge is 0.398 e. The van der Waals surface area contributed by atoms with Crippen LogP contribution in [0.5, 0.6) is 0 Å². The minimum Gasteiger partial charge on any atom is -0.398 e. The van der Waals surface area contributed by atoms with Crippen molar-refractivity contribution < 1.29 is 4.79 Å². The Morgan fingerprint density at radius 1 is 1.00 bits per heavy atom. The summed E-state index contributed by atoms with van der Waals surface area (Å²) in [6.07, 6.45) is 0. The van der Waals surface area contributed by atoms with Crippen LogP contribution in [0.3, 0.4) is 0 Å². The SMILES string of the molecule is Nc1cccc(C(=O)Nc2c(Br)cccc2Br)c1Br. The number of carbonyl (C=O) groups is 1. The molecule has 1 amide bonds. The lowest BCUT2D eigenvalue weighted by molar-refractivity contribution is 0.102. The maximum absolute atomic E-state index is 12.3. The summed E-state index contributed by atoms with van der Waals surface area (Å²) in [5, 5.41) is 2.84. The third-order valence-electron chi connectivity index (χ3n) is 2.47. The van der Waals surface area contributed by atoms with E-state index in [1.807, 2.05) is 18.2 Å². The molecule has 2 aromatic carbocycles. The number of hydrogen-bond donors (Lipinski definition) is 2. The molecular weight excluding hydrogens is 440 g/mol. The number of halogens is 3. The molecule has 0 aliphatic rings. The number of benzene rings is 2. The van der Waals surface area contributed by atoms with Crippen LogP contribution in [0, 0.1) is 0 Å². The van der Waals surface area contributed by atoms with Crippen molar-refractivity contribution in [3.05, 3.63) is 55.4 Å². The van der Waals surface area contributed by atoms with E-state index in [9.17, 15) is 4.79 Å². The van der Waals surface area contributed by atoms with Crippen molar-refractivity contribution >= 4 is 65.1 Å². The molecule has 0 spiro atoms. The van der Waals surface area contributed by atoms with Crippen LogP contribution in [0.25, 0.3) is 0 Å². The van der Waals surface area contributed by atoms with Gasteiger partial charge in [-0.3, -0.25) is 4.79 Å². The maximum atomic E-state index is 12.3. The van der Waals surface area contributed by atoms with E-state index in [1.54, 1.807) is 18.2 Å². The van der Waals surface area contributed by atoms with Gasteiger partial charge in [0.2, 0.25) is 0 Å². The summed E-state index contributed by atoms with van der Waals surface area (Å²) in [7, 11) is 0. The number of nitrogen functional groups attached to an aromatic ring is 1. The number of amides is 1. The van der Waals surface area contributed by atoms with Crippen LogP contribution in [0.15, 0.2) is 49.8 Å². The van der Waals surface area contributed by atoms with E-state index in [0.717, 1.165) is 8.95 Å². The minimum absolute atomic E-state index is 0.230. The number of anilines is 2. The smallest absolute Gasteiger partial charge is 0.256 e. The summed E-state index contributed by atoms with van der Waals surface area (Å²) in [5.74, 6) is -0.230. The molecule has 98 valence electrons. The van der Waals surface area contributed by atoms with Gasteiger partial charge in [-0.2, -0.15) is 0 Å². The first-order valence-electron chi connectivity index (χ1n) is 5.30. The average Bonchev–Trinajstić information content (AvgIpc) is 2.37. The fourth-order valence-corrected chi connectivity index (χ4v) is 3.16. The van der Waals surface area contributed by atoms with Gasteiger partial charge in [-0.1, -0.05) is 12.1 Å². The first-order chi connectivity index (χ1) is 9.00. The van der Waals surface area contributed by atoms with E-state index >= 15 is 0 Å². The molecule has 0 aliphatic heterocycles. The zero-order valence-electron chi connectivity index (χ0n) is 9.58. The summed E-state index contributed by atoms with van der Waals surface area (Å²) in [5.41, 5.74) is 7.46. The second-order valence-electron chi connectivity index (χ2n) is 3.76.